The summed E-state index contributed by atoms with van der Waals surface area (Å²) in [6, 6.07) is 6.29. The highest BCUT2D eigenvalue weighted by Crippen LogP contribution is 2.15. The van der Waals surface area contributed by atoms with Gasteiger partial charge in [-0.1, -0.05) is 0 Å². The molecule has 0 aliphatic heterocycles. The first-order valence-corrected chi connectivity index (χ1v) is 4.46. The molecule has 0 saturated carbocycles. The number of carbonyl (C=O) groups is 1. The summed E-state index contributed by atoms with van der Waals surface area (Å²) in [5.41, 5.74) is 0.980. The van der Waals surface area contributed by atoms with E-state index >= 15 is 0 Å². The maximum Gasteiger partial charge on any atom is 0.221 e. The summed E-state index contributed by atoms with van der Waals surface area (Å²) in [4.78, 5) is 22.3. The average Bonchev–Trinajstić information content (AvgIpc) is 2.18. The third kappa shape index (κ3) is 1.88. The SMILES string of the molecule is CC(=O)Nc1ccc2occc(=O)c2c1. The molecule has 0 aliphatic rings. The monoisotopic (exact) mass is 203 g/mol. The van der Waals surface area contributed by atoms with Crippen molar-refractivity contribution >= 4 is 22.6 Å². The quantitative estimate of drug-likeness (QED) is 0.768. The van der Waals surface area contributed by atoms with Crippen LogP contribution >= 0.6 is 0 Å². The zero-order chi connectivity index (χ0) is 10.8. The Labute approximate surface area is 85.5 Å². The van der Waals surface area contributed by atoms with E-state index in [0.29, 0.717) is 16.7 Å². The molecule has 0 atom stereocenters. The fraction of sp³-hybridized carbons (Fsp3) is 0.0909. The van der Waals surface area contributed by atoms with E-state index in [-0.39, 0.29) is 11.3 Å². The van der Waals surface area contributed by atoms with Gasteiger partial charge in [0.25, 0.3) is 0 Å². The number of nitrogens with one attached hydrogen (secondary N) is 1. The van der Waals surface area contributed by atoms with E-state index in [9.17, 15) is 9.59 Å². The maximum atomic E-state index is 11.4. The van der Waals surface area contributed by atoms with Gasteiger partial charge in [0.05, 0.1) is 11.6 Å². The summed E-state index contributed by atoms with van der Waals surface area (Å²) in [7, 11) is 0. The Balaban J connectivity index is 2.59. The Morgan fingerprint density at radius 2 is 2.13 bits per heavy atom. The highest BCUT2D eigenvalue weighted by molar-refractivity contribution is 5.91. The van der Waals surface area contributed by atoms with Crippen LogP contribution < -0.4 is 10.7 Å². The third-order valence-electron chi connectivity index (χ3n) is 1.98. The molecule has 2 rings (SSSR count). The predicted molar refractivity (Wildman–Crippen MR) is 56.8 cm³/mol. The van der Waals surface area contributed by atoms with Crippen LogP contribution in [0.4, 0.5) is 5.69 Å². The van der Waals surface area contributed by atoms with Crippen molar-refractivity contribution in [2.45, 2.75) is 6.92 Å². The first-order valence-electron chi connectivity index (χ1n) is 4.46. The van der Waals surface area contributed by atoms with Crippen molar-refractivity contribution < 1.29 is 9.21 Å². The largest absolute Gasteiger partial charge is 0.464 e. The van der Waals surface area contributed by atoms with Gasteiger partial charge in [-0.15, -0.1) is 0 Å². The van der Waals surface area contributed by atoms with E-state index in [1.165, 1.54) is 19.3 Å². The third-order valence-corrected chi connectivity index (χ3v) is 1.98. The summed E-state index contributed by atoms with van der Waals surface area (Å²) >= 11 is 0. The maximum absolute atomic E-state index is 11.4. The van der Waals surface area contributed by atoms with Crippen LogP contribution in [0.2, 0.25) is 0 Å². The van der Waals surface area contributed by atoms with Gasteiger partial charge in [0.1, 0.15) is 5.58 Å². The topological polar surface area (TPSA) is 59.3 Å². The molecule has 1 heterocycles. The first-order chi connectivity index (χ1) is 7.16. The van der Waals surface area contributed by atoms with Crippen LogP contribution in [-0.4, -0.2) is 5.91 Å². The van der Waals surface area contributed by atoms with Gasteiger partial charge in [-0.05, 0) is 18.2 Å². The Bertz CT molecular complexity index is 571. The highest BCUT2D eigenvalue weighted by Gasteiger charge is 2.02. The van der Waals surface area contributed by atoms with Crippen LogP contribution in [0, 0.1) is 0 Å². The minimum Gasteiger partial charge on any atom is -0.464 e. The summed E-state index contributed by atoms with van der Waals surface area (Å²) in [5.74, 6) is -0.172. The van der Waals surface area contributed by atoms with E-state index in [4.69, 9.17) is 4.42 Å². The molecule has 0 unspecified atom stereocenters. The van der Waals surface area contributed by atoms with Gasteiger partial charge in [0.2, 0.25) is 5.91 Å². The number of carbonyl (C=O) groups excluding carboxylic acids is 1. The minimum absolute atomic E-state index is 0.122. The molecule has 0 radical (unpaired) electrons. The van der Waals surface area contributed by atoms with Gasteiger partial charge in [-0.2, -0.15) is 0 Å². The molecular weight excluding hydrogens is 194 g/mol. The summed E-state index contributed by atoms with van der Waals surface area (Å²) in [6.45, 7) is 1.41. The van der Waals surface area contributed by atoms with E-state index < -0.39 is 0 Å². The molecule has 1 N–H and O–H groups in total. The number of hydrogen-bond acceptors (Lipinski definition) is 3. The van der Waals surface area contributed by atoms with Crippen molar-refractivity contribution in [1.82, 2.24) is 0 Å². The van der Waals surface area contributed by atoms with Crippen molar-refractivity contribution in [1.29, 1.82) is 0 Å². The molecule has 0 bridgehead atoms. The first kappa shape index (κ1) is 9.45. The van der Waals surface area contributed by atoms with Crippen LogP contribution in [-0.2, 0) is 4.79 Å². The fourth-order valence-corrected chi connectivity index (χ4v) is 1.37. The van der Waals surface area contributed by atoms with Gasteiger partial charge in [-0.25, -0.2) is 0 Å². The molecular formula is C11H9NO3. The molecule has 0 fully saturated rings. The Kier molecular flexibility index (Phi) is 2.25. The molecule has 2 aromatic rings. The van der Waals surface area contributed by atoms with Gasteiger partial charge < -0.3 is 9.73 Å². The van der Waals surface area contributed by atoms with Crippen LogP contribution in [0.3, 0.4) is 0 Å². The molecule has 4 nitrogen and oxygen atoms in total. The molecule has 0 saturated heterocycles. The van der Waals surface area contributed by atoms with Gasteiger partial charge >= 0.3 is 0 Å². The lowest BCUT2D eigenvalue weighted by atomic mass is 10.2. The predicted octanol–water partition coefficient (Wildman–Crippen LogP) is 1.75. The second-order valence-electron chi connectivity index (χ2n) is 3.18. The van der Waals surface area contributed by atoms with E-state index in [1.807, 2.05) is 0 Å². The van der Waals surface area contributed by atoms with Crippen molar-refractivity contribution in [3.63, 3.8) is 0 Å². The number of rotatable bonds is 1. The minimum atomic E-state index is -0.172. The summed E-state index contributed by atoms with van der Waals surface area (Å²) in [6.07, 6.45) is 1.35. The smallest absolute Gasteiger partial charge is 0.221 e. The Morgan fingerprint density at radius 1 is 1.33 bits per heavy atom. The van der Waals surface area contributed by atoms with Crippen molar-refractivity contribution in [3.05, 3.63) is 40.8 Å². The van der Waals surface area contributed by atoms with E-state index in [1.54, 1.807) is 18.2 Å². The summed E-state index contributed by atoms with van der Waals surface area (Å²) < 4.78 is 5.14. The normalized spacial score (nSPS) is 10.2. The van der Waals surface area contributed by atoms with E-state index in [2.05, 4.69) is 5.32 Å². The molecule has 0 spiro atoms. The molecule has 1 aromatic carbocycles. The van der Waals surface area contributed by atoms with Crippen LogP contribution in [0.15, 0.2) is 39.7 Å². The zero-order valence-electron chi connectivity index (χ0n) is 8.11. The lowest BCUT2D eigenvalue weighted by Crippen LogP contribution is -2.06. The molecule has 76 valence electrons. The van der Waals surface area contributed by atoms with E-state index in [0.717, 1.165) is 0 Å². The second kappa shape index (κ2) is 3.57. The van der Waals surface area contributed by atoms with Crippen LogP contribution in [0.1, 0.15) is 6.92 Å². The average molecular weight is 203 g/mol. The van der Waals surface area contributed by atoms with Crippen molar-refractivity contribution in [2.75, 3.05) is 5.32 Å². The standard InChI is InChI=1S/C11H9NO3/c1-7(13)12-8-2-3-11-9(6-8)10(14)4-5-15-11/h2-6H,1H3,(H,12,13). The number of fused-ring (bicyclic) bond motifs is 1. The molecule has 4 heteroatoms. The number of hydrogen-bond donors (Lipinski definition) is 1. The molecule has 1 aromatic heterocycles. The molecule has 15 heavy (non-hydrogen) atoms. The molecule has 0 aliphatic carbocycles. The van der Waals surface area contributed by atoms with Gasteiger partial charge in [0, 0.05) is 18.7 Å². The van der Waals surface area contributed by atoms with Crippen LogP contribution in [0.5, 0.6) is 0 Å². The number of anilines is 1. The Morgan fingerprint density at radius 3 is 2.87 bits per heavy atom. The second-order valence-corrected chi connectivity index (χ2v) is 3.18. The zero-order valence-corrected chi connectivity index (χ0v) is 8.11. The molecule has 1 amide bonds. The van der Waals surface area contributed by atoms with Gasteiger partial charge in [-0.3, -0.25) is 9.59 Å². The van der Waals surface area contributed by atoms with Crippen molar-refractivity contribution in [3.8, 4) is 0 Å². The number of benzene rings is 1. The number of amides is 1. The Hall–Kier alpha value is -2.10. The van der Waals surface area contributed by atoms with Gasteiger partial charge in [0.15, 0.2) is 5.43 Å². The van der Waals surface area contributed by atoms with Crippen molar-refractivity contribution in [2.24, 2.45) is 0 Å². The lowest BCUT2D eigenvalue weighted by Gasteiger charge is -2.02. The highest BCUT2D eigenvalue weighted by atomic mass is 16.3. The summed E-state index contributed by atoms with van der Waals surface area (Å²) in [5, 5.41) is 3.07. The van der Waals surface area contributed by atoms with Crippen LogP contribution in [0.25, 0.3) is 11.0 Å². The lowest BCUT2D eigenvalue weighted by molar-refractivity contribution is -0.114. The fourth-order valence-electron chi connectivity index (χ4n) is 1.37.